The highest BCUT2D eigenvalue weighted by molar-refractivity contribution is 7.10. The molecular weight excluding hydrogens is 270 g/mol. The smallest absolute Gasteiger partial charge is 0.305 e. The van der Waals surface area contributed by atoms with Crippen LogP contribution in [0.2, 0.25) is 0 Å². The highest BCUT2D eigenvalue weighted by Gasteiger charge is 2.16. The van der Waals surface area contributed by atoms with Gasteiger partial charge in [-0.15, -0.1) is 11.3 Å². The van der Waals surface area contributed by atoms with Crippen LogP contribution in [-0.2, 0) is 11.3 Å². The van der Waals surface area contributed by atoms with Gasteiger partial charge in [0, 0.05) is 11.4 Å². The Hall–Kier alpha value is -1.65. The number of aryl methyl sites for hydroxylation is 1. The summed E-state index contributed by atoms with van der Waals surface area (Å²) in [5.41, 5.74) is 3.74. The largest absolute Gasteiger partial charge is 0.481 e. The molecule has 0 aliphatic heterocycles. The Kier molecular flexibility index (Phi) is 4.93. The number of hydrogen-bond donors (Lipinski definition) is 2. The molecule has 0 saturated carbocycles. The third-order valence-corrected chi connectivity index (χ3v) is 4.51. The van der Waals surface area contributed by atoms with Crippen molar-refractivity contribution in [2.24, 2.45) is 0 Å². The van der Waals surface area contributed by atoms with E-state index in [1.165, 1.54) is 16.7 Å². The van der Waals surface area contributed by atoms with Gasteiger partial charge < -0.3 is 10.4 Å². The third-order valence-electron chi connectivity index (χ3n) is 3.52. The molecule has 0 saturated heterocycles. The Morgan fingerprint density at radius 1 is 1.30 bits per heavy atom. The van der Waals surface area contributed by atoms with Gasteiger partial charge in [0.25, 0.3) is 0 Å². The van der Waals surface area contributed by atoms with Crippen LogP contribution < -0.4 is 5.32 Å². The Morgan fingerprint density at radius 3 is 2.75 bits per heavy atom. The summed E-state index contributed by atoms with van der Waals surface area (Å²) in [5, 5.41) is 14.4. The summed E-state index contributed by atoms with van der Waals surface area (Å²) in [4.78, 5) is 12.1. The Balaban J connectivity index is 2.09. The van der Waals surface area contributed by atoms with Crippen molar-refractivity contribution in [1.29, 1.82) is 0 Å². The number of aliphatic carboxylic acids is 1. The van der Waals surface area contributed by atoms with Crippen LogP contribution in [0, 0.1) is 13.8 Å². The van der Waals surface area contributed by atoms with Crippen molar-refractivity contribution >= 4 is 17.3 Å². The summed E-state index contributed by atoms with van der Waals surface area (Å²) in [6.45, 7) is 4.87. The number of benzene rings is 1. The molecule has 2 rings (SSSR count). The van der Waals surface area contributed by atoms with Gasteiger partial charge in [0.05, 0.1) is 12.5 Å². The number of thiophene rings is 1. The van der Waals surface area contributed by atoms with Crippen LogP contribution in [0.3, 0.4) is 0 Å². The molecule has 1 aromatic carbocycles. The van der Waals surface area contributed by atoms with Crippen LogP contribution in [0.5, 0.6) is 0 Å². The molecule has 2 aromatic rings. The molecule has 106 valence electrons. The van der Waals surface area contributed by atoms with Gasteiger partial charge in [-0.3, -0.25) is 4.79 Å². The normalized spacial score (nSPS) is 12.3. The highest BCUT2D eigenvalue weighted by Crippen LogP contribution is 2.23. The zero-order valence-electron chi connectivity index (χ0n) is 11.7. The molecular formula is C16H19NO2S. The molecule has 4 heteroatoms. The van der Waals surface area contributed by atoms with Crippen LogP contribution in [0.15, 0.2) is 35.7 Å². The van der Waals surface area contributed by atoms with Crippen molar-refractivity contribution in [3.63, 3.8) is 0 Å². The van der Waals surface area contributed by atoms with Gasteiger partial charge in [0.15, 0.2) is 0 Å². The van der Waals surface area contributed by atoms with Gasteiger partial charge in [-0.1, -0.05) is 24.3 Å². The molecule has 2 N–H and O–H groups in total. The quantitative estimate of drug-likeness (QED) is 0.853. The van der Waals surface area contributed by atoms with Crippen molar-refractivity contribution in [1.82, 2.24) is 5.32 Å². The second-order valence-corrected chi connectivity index (χ2v) is 5.89. The molecule has 1 heterocycles. The zero-order chi connectivity index (χ0) is 14.5. The average molecular weight is 289 g/mol. The zero-order valence-corrected chi connectivity index (χ0v) is 12.5. The highest BCUT2D eigenvalue weighted by atomic mass is 32.1. The van der Waals surface area contributed by atoms with E-state index in [2.05, 4.69) is 31.3 Å². The minimum absolute atomic E-state index is 0.103. The lowest BCUT2D eigenvalue weighted by Crippen LogP contribution is -2.23. The van der Waals surface area contributed by atoms with E-state index in [9.17, 15) is 4.79 Å². The number of carbonyl (C=O) groups is 1. The first kappa shape index (κ1) is 14.8. The Bertz CT molecular complexity index is 578. The molecule has 0 amide bonds. The molecule has 0 aliphatic rings. The van der Waals surface area contributed by atoms with E-state index in [0.717, 1.165) is 4.88 Å². The molecule has 3 nitrogen and oxygen atoms in total. The summed E-state index contributed by atoms with van der Waals surface area (Å²) in [6.07, 6.45) is 0.103. The lowest BCUT2D eigenvalue weighted by molar-refractivity contribution is -0.137. The van der Waals surface area contributed by atoms with E-state index < -0.39 is 5.97 Å². The first-order valence-electron chi connectivity index (χ1n) is 6.61. The maximum absolute atomic E-state index is 11.0. The van der Waals surface area contributed by atoms with E-state index in [1.807, 2.05) is 23.6 Å². The monoisotopic (exact) mass is 289 g/mol. The molecule has 1 aromatic heterocycles. The predicted octanol–water partition coefficient (Wildman–Crippen LogP) is 3.67. The fourth-order valence-corrected chi connectivity index (χ4v) is 2.98. The first-order chi connectivity index (χ1) is 9.58. The summed E-state index contributed by atoms with van der Waals surface area (Å²) < 4.78 is 0. The molecule has 0 aliphatic carbocycles. The predicted molar refractivity (Wildman–Crippen MR) is 82.1 cm³/mol. The number of nitrogens with one attached hydrogen (secondary N) is 1. The van der Waals surface area contributed by atoms with E-state index in [1.54, 1.807) is 11.3 Å². The van der Waals surface area contributed by atoms with E-state index in [-0.39, 0.29) is 12.5 Å². The first-order valence-corrected chi connectivity index (χ1v) is 7.49. The molecule has 0 fully saturated rings. The molecule has 0 spiro atoms. The van der Waals surface area contributed by atoms with Crippen molar-refractivity contribution in [3.05, 3.63) is 57.3 Å². The Labute approximate surface area is 123 Å². The van der Waals surface area contributed by atoms with Gasteiger partial charge in [-0.05, 0) is 42.0 Å². The number of rotatable bonds is 6. The summed E-state index contributed by atoms with van der Waals surface area (Å²) in [5.74, 6) is -0.781. The van der Waals surface area contributed by atoms with Crippen LogP contribution in [-0.4, -0.2) is 11.1 Å². The molecule has 1 atom stereocenters. The summed E-state index contributed by atoms with van der Waals surface area (Å²) in [6, 6.07) is 10.0. The minimum Gasteiger partial charge on any atom is -0.481 e. The third kappa shape index (κ3) is 3.68. The van der Waals surface area contributed by atoms with Gasteiger partial charge in [-0.25, -0.2) is 0 Å². The molecule has 1 unspecified atom stereocenters. The lowest BCUT2D eigenvalue weighted by Gasteiger charge is -2.17. The van der Waals surface area contributed by atoms with Gasteiger partial charge in [0.2, 0.25) is 0 Å². The Morgan fingerprint density at radius 2 is 2.10 bits per heavy atom. The number of hydrogen-bond acceptors (Lipinski definition) is 3. The lowest BCUT2D eigenvalue weighted by atomic mass is 10.0. The van der Waals surface area contributed by atoms with Gasteiger partial charge >= 0.3 is 5.97 Å². The van der Waals surface area contributed by atoms with Crippen molar-refractivity contribution < 1.29 is 9.90 Å². The molecule has 0 radical (unpaired) electrons. The minimum atomic E-state index is -0.781. The average Bonchev–Trinajstić information content (AvgIpc) is 2.92. The summed E-state index contributed by atoms with van der Waals surface area (Å²) in [7, 11) is 0. The second kappa shape index (κ2) is 6.68. The topological polar surface area (TPSA) is 49.3 Å². The van der Waals surface area contributed by atoms with Crippen molar-refractivity contribution in [3.8, 4) is 0 Å². The van der Waals surface area contributed by atoms with Gasteiger partial charge in [0.1, 0.15) is 0 Å². The van der Waals surface area contributed by atoms with Gasteiger partial charge in [-0.2, -0.15) is 0 Å². The van der Waals surface area contributed by atoms with Crippen LogP contribution in [0.1, 0.15) is 34.0 Å². The maximum Gasteiger partial charge on any atom is 0.305 e. The van der Waals surface area contributed by atoms with Crippen LogP contribution in [0.25, 0.3) is 0 Å². The van der Waals surface area contributed by atoms with Crippen molar-refractivity contribution in [2.45, 2.75) is 32.9 Å². The fraction of sp³-hybridized carbons (Fsp3) is 0.312. The standard InChI is InChI=1S/C16H19NO2S/c1-11-5-3-6-13(12(11)2)10-17-14(9-16(18)19)15-7-4-8-20-15/h3-8,14,17H,9-10H2,1-2H3,(H,18,19). The summed E-state index contributed by atoms with van der Waals surface area (Å²) >= 11 is 1.59. The maximum atomic E-state index is 11.0. The molecule has 0 bridgehead atoms. The van der Waals surface area contributed by atoms with Crippen LogP contribution >= 0.6 is 11.3 Å². The number of carboxylic acid groups (broad SMARTS) is 1. The van der Waals surface area contributed by atoms with E-state index in [4.69, 9.17) is 5.11 Å². The second-order valence-electron chi connectivity index (χ2n) is 4.91. The fourth-order valence-electron chi connectivity index (χ4n) is 2.17. The van der Waals surface area contributed by atoms with E-state index >= 15 is 0 Å². The number of carboxylic acids is 1. The van der Waals surface area contributed by atoms with Crippen molar-refractivity contribution in [2.75, 3.05) is 0 Å². The van der Waals surface area contributed by atoms with Crippen LogP contribution in [0.4, 0.5) is 0 Å². The molecule has 20 heavy (non-hydrogen) atoms. The SMILES string of the molecule is Cc1cccc(CNC(CC(=O)O)c2cccs2)c1C. The van der Waals surface area contributed by atoms with E-state index in [0.29, 0.717) is 6.54 Å².